The van der Waals surface area contributed by atoms with E-state index >= 15 is 0 Å². The minimum Gasteiger partial charge on any atom is -0.135 e. The van der Waals surface area contributed by atoms with Crippen molar-refractivity contribution >= 4 is 38.6 Å². The molecular weight excluding hydrogens is 717 g/mol. The van der Waals surface area contributed by atoms with E-state index in [2.05, 4.69) is 189 Å². The zero-order chi connectivity index (χ0) is 42.0. The Morgan fingerprint density at radius 2 is 1.19 bits per heavy atom. The third-order valence-electron chi connectivity index (χ3n) is 10.2. The van der Waals surface area contributed by atoms with Crippen molar-refractivity contribution in [2.45, 2.75) is 101 Å². The first-order valence-corrected chi connectivity index (χ1v) is 22.2. The van der Waals surface area contributed by atoms with Crippen LogP contribution in [0.15, 0.2) is 152 Å². The van der Waals surface area contributed by atoms with Gasteiger partial charge in [-0.25, -0.2) is 0 Å². The normalized spacial score (nSPS) is 11.7. The van der Waals surface area contributed by atoms with E-state index < -0.39 is 0 Å². The van der Waals surface area contributed by atoms with Gasteiger partial charge in [-0.15, -0.1) is 11.3 Å². The third kappa shape index (κ3) is 12.4. The Kier molecular flexibility index (Phi) is 18.2. The molecule has 1 aliphatic rings. The molecule has 0 amide bonds. The van der Waals surface area contributed by atoms with Crippen molar-refractivity contribution in [2.24, 2.45) is 0 Å². The summed E-state index contributed by atoms with van der Waals surface area (Å²) in [6.07, 6.45) is 7.37. The van der Waals surface area contributed by atoms with E-state index in [1.807, 2.05) is 49.4 Å². The van der Waals surface area contributed by atoms with Crippen LogP contribution in [0.5, 0.6) is 0 Å². The lowest BCUT2D eigenvalue weighted by molar-refractivity contribution is 1.09. The molecule has 8 rings (SSSR count). The second-order valence-electron chi connectivity index (χ2n) is 15.0. The number of rotatable bonds is 7. The maximum absolute atomic E-state index is 4.13. The molecule has 58 heavy (non-hydrogen) atoms. The third-order valence-corrected chi connectivity index (χ3v) is 11.4. The number of hydrogen-bond acceptors (Lipinski definition) is 1. The first kappa shape index (κ1) is 45.5. The minimum atomic E-state index is 0.710. The van der Waals surface area contributed by atoms with Crippen molar-refractivity contribution < 1.29 is 0 Å². The van der Waals surface area contributed by atoms with Crippen molar-refractivity contribution in [3.8, 4) is 22.3 Å². The first-order valence-electron chi connectivity index (χ1n) is 21.4. The maximum Gasteiger partial charge on any atom is 0.0430 e. The molecule has 1 heterocycles. The lowest BCUT2D eigenvalue weighted by Gasteiger charge is -2.17. The second-order valence-corrected chi connectivity index (χ2v) is 16.1. The monoisotopic (exact) mass is 782 g/mol. The summed E-state index contributed by atoms with van der Waals surface area (Å²) in [5.41, 5.74) is 17.2. The molecule has 0 atom stereocenters. The van der Waals surface area contributed by atoms with Crippen molar-refractivity contribution in [3.05, 3.63) is 196 Å². The average Bonchev–Trinajstić information content (AvgIpc) is 4.06. The van der Waals surface area contributed by atoms with E-state index in [0.717, 1.165) is 12.0 Å². The molecule has 0 nitrogen and oxygen atoms in total. The second kappa shape index (κ2) is 23.2. The molecule has 0 spiro atoms. The van der Waals surface area contributed by atoms with Crippen molar-refractivity contribution in [3.63, 3.8) is 0 Å². The lowest BCUT2D eigenvalue weighted by Crippen LogP contribution is -1.93. The van der Waals surface area contributed by atoms with Gasteiger partial charge in [-0.1, -0.05) is 198 Å². The molecule has 0 bridgehead atoms. The Morgan fingerprint density at radius 1 is 0.638 bits per heavy atom. The van der Waals surface area contributed by atoms with Gasteiger partial charge >= 0.3 is 0 Å². The van der Waals surface area contributed by atoms with E-state index in [4.69, 9.17) is 0 Å². The van der Waals surface area contributed by atoms with Crippen LogP contribution >= 0.6 is 11.3 Å². The molecule has 0 aliphatic heterocycles. The summed E-state index contributed by atoms with van der Waals surface area (Å²) < 4.78 is 1.37. The van der Waals surface area contributed by atoms with E-state index in [-0.39, 0.29) is 0 Å². The molecule has 0 unspecified atom stereocenters. The highest BCUT2D eigenvalue weighted by Crippen LogP contribution is 2.48. The van der Waals surface area contributed by atoms with Gasteiger partial charge in [0.25, 0.3) is 0 Å². The Balaban J connectivity index is 0.000000305. The number of fused-ring (bicyclic) bond motifs is 1. The number of hydrogen-bond donors (Lipinski definition) is 0. The SMILES string of the molecule is C=C(C)c1cccc(/C(C)=C/c2sc3c(-c4cccc(C)c4-c4ccccc4C4CC4)cccc3c2C)c1.CC.CCC.CCc1ccccc1.Cc1ccccc1. The molecule has 300 valence electrons. The molecular formula is C57H66S. The van der Waals surface area contributed by atoms with Crippen molar-refractivity contribution in [1.82, 2.24) is 0 Å². The summed E-state index contributed by atoms with van der Waals surface area (Å²) in [4.78, 5) is 1.33. The molecule has 0 N–H and O–H groups in total. The summed E-state index contributed by atoms with van der Waals surface area (Å²) in [6.45, 7) is 25.4. The van der Waals surface area contributed by atoms with Gasteiger partial charge in [0, 0.05) is 15.1 Å². The zero-order valence-corrected chi connectivity index (χ0v) is 37.8. The molecule has 0 radical (unpaired) electrons. The van der Waals surface area contributed by atoms with Crippen LogP contribution in [0.4, 0.5) is 0 Å². The molecule has 1 saturated carbocycles. The molecule has 1 aliphatic carbocycles. The van der Waals surface area contributed by atoms with Crippen LogP contribution in [0.1, 0.15) is 117 Å². The molecule has 0 saturated heterocycles. The van der Waals surface area contributed by atoms with Gasteiger partial charge in [0.15, 0.2) is 0 Å². The van der Waals surface area contributed by atoms with Crippen LogP contribution in [0.2, 0.25) is 0 Å². The van der Waals surface area contributed by atoms with Gasteiger partial charge < -0.3 is 0 Å². The van der Waals surface area contributed by atoms with Gasteiger partial charge in [-0.2, -0.15) is 0 Å². The highest BCUT2D eigenvalue weighted by Gasteiger charge is 2.27. The highest BCUT2D eigenvalue weighted by molar-refractivity contribution is 7.20. The predicted octanol–water partition coefficient (Wildman–Crippen LogP) is 18.0. The minimum absolute atomic E-state index is 0.710. The summed E-state index contributed by atoms with van der Waals surface area (Å²) in [5.74, 6) is 0.710. The quantitative estimate of drug-likeness (QED) is 0.151. The largest absolute Gasteiger partial charge is 0.135 e. The van der Waals surface area contributed by atoms with Gasteiger partial charge in [-0.05, 0) is 133 Å². The molecule has 7 aromatic rings. The Morgan fingerprint density at radius 3 is 1.78 bits per heavy atom. The molecule has 1 heteroatoms. The van der Waals surface area contributed by atoms with E-state index in [1.165, 1.54) is 101 Å². The summed E-state index contributed by atoms with van der Waals surface area (Å²) in [7, 11) is 0. The fraction of sp³-hybridized carbons (Fsp3) is 0.263. The van der Waals surface area contributed by atoms with Gasteiger partial charge in [0.1, 0.15) is 0 Å². The predicted molar refractivity (Wildman–Crippen MR) is 263 cm³/mol. The van der Waals surface area contributed by atoms with Crippen LogP contribution in [-0.2, 0) is 6.42 Å². The van der Waals surface area contributed by atoms with E-state index in [1.54, 1.807) is 0 Å². The van der Waals surface area contributed by atoms with Crippen LogP contribution in [0, 0.1) is 20.8 Å². The number of allylic oxidation sites excluding steroid dienone is 2. The number of aryl methyl sites for hydroxylation is 4. The number of benzene rings is 6. The highest BCUT2D eigenvalue weighted by atomic mass is 32.1. The standard InChI is InChI=1S/C37H34S.C8H10.C7H8.C3H8.C2H6/c1-23(2)28-12-9-13-29(22-28)25(4)21-35-26(5)30-16-10-18-34(37(30)38-35)33-17-8-11-24(3)36(33)32-15-7-6-14-31(32)27-19-20-27;1-2-8-6-4-3-5-7-8;1-7-5-3-2-4-6-7;1-3-2;1-2/h6-18,21-22,27H,1,19-20H2,2-5H3;3-7H,2H2,1H3;2-6H,1H3;3H2,1-2H3;1-2H3/b25-21+;;;;. The van der Waals surface area contributed by atoms with Gasteiger partial charge in [-0.3, -0.25) is 0 Å². The van der Waals surface area contributed by atoms with Crippen LogP contribution in [-0.4, -0.2) is 0 Å². The summed E-state index contributed by atoms with van der Waals surface area (Å²) >= 11 is 1.92. The Hall–Kier alpha value is -5.24. The fourth-order valence-corrected chi connectivity index (χ4v) is 8.23. The van der Waals surface area contributed by atoms with Crippen LogP contribution < -0.4 is 0 Å². The Labute approximate surface area is 356 Å². The fourth-order valence-electron chi connectivity index (χ4n) is 6.89. The molecule has 1 fully saturated rings. The lowest BCUT2D eigenvalue weighted by atomic mass is 9.87. The van der Waals surface area contributed by atoms with E-state index in [9.17, 15) is 0 Å². The van der Waals surface area contributed by atoms with E-state index in [0.29, 0.717) is 5.92 Å². The maximum atomic E-state index is 4.13. The van der Waals surface area contributed by atoms with Crippen molar-refractivity contribution in [1.29, 1.82) is 0 Å². The van der Waals surface area contributed by atoms with Crippen molar-refractivity contribution in [2.75, 3.05) is 0 Å². The van der Waals surface area contributed by atoms with Gasteiger partial charge in [0.05, 0.1) is 0 Å². The Bertz CT molecular complexity index is 2350. The van der Waals surface area contributed by atoms with Crippen LogP contribution in [0.3, 0.4) is 0 Å². The van der Waals surface area contributed by atoms with Gasteiger partial charge in [0.2, 0.25) is 0 Å². The molecule has 1 aromatic heterocycles. The zero-order valence-electron chi connectivity index (χ0n) is 37.0. The topological polar surface area (TPSA) is 0 Å². The smallest absolute Gasteiger partial charge is 0.0430 e. The van der Waals surface area contributed by atoms with Crippen LogP contribution in [0.25, 0.3) is 49.6 Å². The summed E-state index contributed by atoms with van der Waals surface area (Å²) in [5, 5.41) is 1.35. The average molecular weight is 783 g/mol. The summed E-state index contributed by atoms with van der Waals surface area (Å²) in [6, 6.07) is 52.1. The molecule has 6 aromatic carbocycles. The number of thiophene rings is 1. The first-order chi connectivity index (χ1) is 28.2.